The highest BCUT2D eigenvalue weighted by atomic mass is 127. The molecule has 1 amide bonds. The molecule has 8 nitrogen and oxygen atoms in total. The van der Waals surface area contributed by atoms with Gasteiger partial charge in [0, 0.05) is 22.7 Å². The van der Waals surface area contributed by atoms with E-state index in [0.29, 0.717) is 23.5 Å². The van der Waals surface area contributed by atoms with E-state index in [1.165, 1.54) is 0 Å². The normalized spacial score (nSPS) is 12.0. The maximum atomic E-state index is 12.3. The fourth-order valence-electron chi connectivity index (χ4n) is 2.79. The number of fused-ring (bicyclic) bond motifs is 1. The van der Waals surface area contributed by atoms with Crippen LogP contribution in [0, 0.1) is 3.57 Å². The number of primary amides is 1. The summed E-state index contributed by atoms with van der Waals surface area (Å²) < 4.78 is 2.75. The molecule has 0 aliphatic rings. The minimum Gasteiger partial charge on any atom is -0.481 e. The summed E-state index contributed by atoms with van der Waals surface area (Å²) in [5.74, 6) is -1.06. The van der Waals surface area contributed by atoms with E-state index in [1.54, 1.807) is 22.9 Å². The second-order valence-electron chi connectivity index (χ2n) is 5.97. The molecule has 3 aromatic rings. The molecule has 0 spiro atoms. The van der Waals surface area contributed by atoms with Gasteiger partial charge in [-0.15, -0.1) is 0 Å². The van der Waals surface area contributed by atoms with Gasteiger partial charge in [0.15, 0.2) is 5.65 Å². The minimum absolute atomic E-state index is 0.0744. The zero-order valence-corrected chi connectivity index (χ0v) is 16.5. The molecule has 2 aromatic heterocycles. The predicted octanol–water partition coefficient (Wildman–Crippen LogP) is 2.19. The number of nitrogens with two attached hydrogens (primary N) is 1. The molecule has 0 aliphatic heterocycles. The number of nitrogens with zero attached hydrogens (tertiary/aromatic N) is 3. The molecule has 0 saturated carbocycles. The van der Waals surface area contributed by atoms with Crippen molar-refractivity contribution in [3.8, 4) is 0 Å². The first-order valence-corrected chi connectivity index (χ1v) is 9.36. The van der Waals surface area contributed by atoms with Gasteiger partial charge in [0.2, 0.25) is 11.9 Å². The lowest BCUT2D eigenvalue weighted by molar-refractivity contribution is -0.136. The van der Waals surface area contributed by atoms with Crippen LogP contribution in [0.2, 0.25) is 0 Å². The number of nitrogens with one attached hydrogen (secondary N) is 1. The van der Waals surface area contributed by atoms with E-state index >= 15 is 0 Å². The number of imidazole rings is 1. The van der Waals surface area contributed by atoms with Crippen LogP contribution in [-0.4, -0.2) is 38.1 Å². The average Bonchev–Trinajstić information content (AvgIpc) is 2.98. The Balaban J connectivity index is 2.00. The number of pyridine rings is 1. The summed E-state index contributed by atoms with van der Waals surface area (Å²) in [4.78, 5) is 31.9. The van der Waals surface area contributed by atoms with Gasteiger partial charge in [-0.1, -0.05) is 12.1 Å². The molecule has 1 atom stereocenters. The number of rotatable bonds is 8. The van der Waals surface area contributed by atoms with Gasteiger partial charge < -0.3 is 16.2 Å². The number of carboxylic acids is 1. The van der Waals surface area contributed by atoms with Crippen LogP contribution in [0.3, 0.4) is 0 Å². The van der Waals surface area contributed by atoms with Crippen LogP contribution in [0.4, 0.5) is 5.95 Å². The van der Waals surface area contributed by atoms with Crippen LogP contribution >= 0.6 is 22.6 Å². The fraction of sp³-hybridized carbons (Fsp3) is 0.222. The lowest BCUT2D eigenvalue weighted by Crippen LogP contribution is -2.29. The molecular weight excluding hydrogens is 461 g/mol. The summed E-state index contributed by atoms with van der Waals surface area (Å²) in [7, 11) is 0. The highest BCUT2D eigenvalue weighted by Crippen LogP contribution is 2.26. The van der Waals surface area contributed by atoms with Crippen molar-refractivity contribution in [3.63, 3.8) is 0 Å². The molecule has 140 valence electrons. The number of amides is 1. The number of halogens is 1. The number of carboxylic acid groups (broad SMARTS) is 1. The second-order valence-corrected chi connectivity index (χ2v) is 7.22. The first-order valence-electron chi connectivity index (χ1n) is 8.28. The number of anilines is 1. The number of hydrogen-bond acceptors (Lipinski definition) is 5. The van der Waals surface area contributed by atoms with Gasteiger partial charge in [-0.05, 0) is 52.4 Å². The Labute approximate surface area is 168 Å². The number of hydrogen-bond donors (Lipinski definition) is 3. The summed E-state index contributed by atoms with van der Waals surface area (Å²) >= 11 is 2.22. The number of carbonyl (C=O) groups excluding carboxylic acids is 1. The van der Waals surface area contributed by atoms with E-state index in [2.05, 4.69) is 37.9 Å². The van der Waals surface area contributed by atoms with Gasteiger partial charge in [0.05, 0.1) is 6.42 Å². The minimum atomic E-state index is -0.923. The van der Waals surface area contributed by atoms with Crippen LogP contribution in [0.25, 0.3) is 11.2 Å². The van der Waals surface area contributed by atoms with Crippen LogP contribution in [0.5, 0.6) is 0 Å². The van der Waals surface area contributed by atoms with Gasteiger partial charge in [-0.2, -0.15) is 0 Å². The lowest BCUT2D eigenvalue weighted by atomic mass is 10.1. The van der Waals surface area contributed by atoms with Crippen LogP contribution in [0.15, 0.2) is 42.6 Å². The molecule has 0 bridgehead atoms. The third-order valence-electron chi connectivity index (χ3n) is 4.05. The van der Waals surface area contributed by atoms with Crippen molar-refractivity contribution in [2.45, 2.75) is 18.9 Å². The Morgan fingerprint density at radius 3 is 2.67 bits per heavy atom. The molecular formula is C18H18IN5O3. The van der Waals surface area contributed by atoms with Crippen molar-refractivity contribution in [1.82, 2.24) is 14.5 Å². The largest absolute Gasteiger partial charge is 0.481 e. The Bertz CT molecular complexity index is 971. The maximum Gasteiger partial charge on any atom is 0.305 e. The molecule has 0 aliphatic carbocycles. The van der Waals surface area contributed by atoms with E-state index in [9.17, 15) is 9.59 Å². The summed E-state index contributed by atoms with van der Waals surface area (Å²) in [6.07, 6.45) is 1.92. The van der Waals surface area contributed by atoms with Crippen molar-refractivity contribution in [2.24, 2.45) is 5.73 Å². The molecule has 4 N–H and O–H groups in total. The van der Waals surface area contributed by atoms with Crippen LogP contribution in [-0.2, 0) is 16.0 Å². The fourth-order valence-corrected chi connectivity index (χ4v) is 3.15. The Morgan fingerprint density at radius 2 is 2.00 bits per heavy atom. The molecule has 1 aromatic carbocycles. The van der Waals surface area contributed by atoms with E-state index in [1.807, 2.05) is 24.3 Å². The third kappa shape index (κ3) is 4.54. The van der Waals surface area contributed by atoms with Crippen molar-refractivity contribution in [2.75, 3.05) is 11.9 Å². The molecule has 0 radical (unpaired) electrons. The first-order chi connectivity index (χ1) is 13.0. The van der Waals surface area contributed by atoms with Crippen LogP contribution < -0.4 is 11.1 Å². The van der Waals surface area contributed by atoms with Gasteiger partial charge in [0.1, 0.15) is 11.6 Å². The van der Waals surface area contributed by atoms with E-state index in [-0.39, 0.29) is 13.0 Å². The highest BCUT2D eigenvalue weighted by Gasteiger charge is 2.25. The summed E-state index contributed by atoms with van der Waals surface area (Å²) in [6, 6.07) is 10.6. The van der Waals surface area contributed by atoms with Gasteiger partial charge in [-0.3, -0.25) is 14.2 Å². The SMILES string of the molecule is NC(=O)C(Cc1ccc(I)cc1)n1c(NCCC(=O)O)nc2cccnc21. The summed E-state index contributed by atoms with van der Waals surface area (Å²) in [6.45, 7) is 0.174. The Morgan fingerprint density at radius 1 is 1.26 bits per heavy atom. The zero-order chi connectivity index (χ0) is 19.4. The molecule has 0 saturated heterocycles. The van der Waals surface area contributed by atoms with Gasteiger partial charge in [-0.25, -0.2) is 9.97 Å². The van der Waals surface area contributed by atoms with E-state index in [0.717, 1.165) is 9.13 Å². The number of aromatic nitrogens is 3. The van der Waals surface area contributed by atoms with Crippen LogP contribution in [0.1, 0.15) is 18.0 Å². The van der Waals surface area contributed by atoms with Gasteiger partial charge in [0.25, 0.3) is 0 Å². The first kappa shape index (κ1) is 19.1. The molecule has 27 heavy (non-hydrogen) atoms. The molecule has 3 rings (SSSR count). The number of carbonyl (C=O) groups is 2. The monoisotopic (exact) mass is 479 g/mol. The second kappa shape index (κ2) is 8.33. The Hall–Kier alpha value is -2.69. The standard InChI is InChI=1S/C18H18IN5O3/c19-12-5-3-11(4-6-12)10-14(16(20)27)24-17-13(2-1-8-21-17)23-18(24)22-9-7-15(25)26/h1-6,8,14H,7,9-10H2,(H2,20,27)(H,22,23)(H,25,26). The smallest absolute Gasteiger partial charge is 0.305 e. The van der Waals surface area contributed by atoms with Crippen molar-refractivity contribution in [1.29, 1.82) is 0 Å². The number of aliphatic carboxylic acids is 1. The molecule has 0 fully saturated rings. The zero-order valence-electron chi connectivity index (χ0n) is 14.3. The average molecular weight is 479 g/mol. The lowest BCUT2D eigenvalue weighted by Gasteiger charge is -2.19. The van der Waals surface area contributed by atoms with Crippen molar-refractivity contribution < 1.29 is 14.7 Å². The van der Waals surface area contributed by atoms with Crippen molar-refractivity contribution in [3.05, 3.63) is 51.7 Å². The quantitative estimate of drug-likeness (QED) is 0.426. The summed E-state index contributed by atoms with van der Waals surface area (Å²) in [5, 5.41) is 11.8. The highest BCUT2D eigenvalue weighted by molar-refractivity contribution is 14.1. The van der Waals surface area contributed by atoms with E-state index < -0.39 is 17.9 Å². The third-order valence-corrected chi connectivity index (χ3v) is 4.77. The topological polar surface area (TPSA) is 123 Å². The molecule has 2 heterocycles. The van der Waals surface area contributed by atoms with E-state index in [4.69, 9.17) is 10.8 Å². The predicted molar refractivity (Wildman–Crippen MR) is 109 cm³/mol. The molecule has 9 heteroatoms. The maximum absolute atomic E-state index is 12.3. The number of benzene rings is 1. The van der Waals surface area contributed by atoms with Gasteiger partial charge >= 0.3 is 5.97 Å². The molecule has 1 unspecified atom stereocenters. The summed E-state index contributed by atoms with van der Waals surface area (Å²) in [5.41, 5.74) is 7.78. The Kier molecular flexibility index (Phi) is 5.89. The van der Waals surface area contributed by atoms with Crippen molar-refractivity contribution >= 4 is 51.6 Å².